The van der Waals surface area contributed by atoms with Gasteiger partial charge in [-0.1, -0.05) is 38.8 Å². The van der Waals surface area contributed by atoms with Crippen molar-refractivity contribution in [3.05, 3.63) is 58.7 Å². The molecule has 6 aliphatic carbocycles. The molecule has 0 aromatic heterocycles. The van der Waals surface area contributed by atoms with E-state index in [1.165, 1.54) is 89.9 Å². The molecule has 6 fully saturated rings. The highest BCUT2D eigenvalue weighted by Crippen LogP contribution is 2.68. The van der Waals surface area contributed by atoms with Crippen LogP contribution in [0.15, 0.2) is 36.4 Å². The first-order chi connectivity index (χ1) is 22.3. The third kappa shape index (κ3) is 4.30. The third-order valence-electron chi connectivity index (χ3n) is 15.9. The van der Waals surface area contributed by atoms with Crippen molar-refractivity contribution in [2.24, 2.45) is 34.5 Å². The van der Waals surface area contributed by atoms with Crippen molar-refractivity contribution in [1.82, 2.24) is 0 Å². The summed E-state index contributed by atoms with van der Waals surface area (Å²) >= 11 is 0. The molecule has 8 aliphatic rings. The van der Waals surface area contributed by atoms with Crippen LogP contribution in [-0.4, -0.2) is 38.6 Å². The molecule has 2 aromatic carbocycles. The van der Waals surface area contributed by atoms with Gasteiger partial charge in [-0.15, -0.1) is 0 Å². The lowest BCUT2D eigenvalue weighted by Gasteiger charge is -2.56. The van der Waals surface area contributed by atoms with Gasteiger partial charge in [0.25, 0.3) is 0 Å². The van der Waals surface area contributed by atoms with E-state index in [9.17, 15) is 0 Å². The SMILES string of the molecule is COc1ccc2c(c1)CC[C@@H]1C2CC[C@@]2(C)[C@H]1CCC[C@@]21CO1.COc1ccc2c(c1)CC[C@@H]1C2CC[C@@]2(C)[C@H]1CCC[C@]21CO1. The monoisotopic (exact) mass is 624 g/mol. The van der Waals surface area contributed by atoms with Crippen LogP contribution in [0.2, 0.25) is 0 Å². The predicted octanol–water partition coefficient (Wildman–Crippen LogP) is 9.42. The van der Waals surface area contributed by atoms with Crippen LogP contribution in [0.5, 0.6) is 11.5 Å². The van der Waals surface area contributed by atoms with Gasteiger partial charge in [-0.25, -0.2) is 0 Å². The third-order valence-corrected chi connectivity index (χ3v) is 15.9. The van der Waals surface area contributed by atoms with Crippen LogP contribution >= 0.6 is 0 Å². The summed E-state index contributed by atoms with van der Waals surface area (Å²) in [6, 6.07) is 13.6. The van der Waals surface area contributed by atoms with Gasteiger partial charge in [0.15, 0.2) is 0 Å². The van der Waals surface area contributed by atoms with E-state index in [0.29, 0.717) is 10.8 Å². The Bertz CT molecular complexity index is 1380. The number of ether oxygens (including phenoxy) is 4. The van der Waals surface area contributed by atoms with Crippen molar-refractivity contribution in [2.75, 3.05) is 27.4 Å². The molecule has 2 spiro atoms. The van der Waals surface area contributed by atoms with Crippen LogP contribution in [0.1, 0.15) is 125 Å². The standard InChI is InChI=1S/2C21H28O2/c2*1-20-11-9-17-16-8-6-15(22-2)12-14(16)5-7-18(17)19(20)4-3-10-21(20)13-23-21/h2*6,8,12,17-19H,3-5,7,9-11,13H2,1-2H3/t17?,18-,19+,20+,21+;17?,18-,19+,20+,21-/m11/s1. The predicted molar refractivity (Wildman–Crippen MR) is 182 cm³/mol. The number of aryl methyl sites for hydroxylation is 2. The Kier molecular flexibility index (Phi) is 7.01. The van der Waals surface area contributed by atoms with Crippen molar-refractivity contribution in [1.29, 1.82) is 0 Å². The second-order valence-corrected chi connectivity index (χ2v) is 17.2. The van der Waals surface area contributed by atoms with Gasteiger partial charge < -0.3 is 18.9 Å². The molecular formula is C42H56O4. The summed E-state index contributed by atoms with van der Waals surface area (Å²) in [5.74, 6) is 7.07. The molecule has 4 saturated carbocycles. The molecule has 2 heterocycles. The van der Waals surface area contributed by atoms with Gasteiger partial charge in [-0.05, 0) is 159 Å². The minimum absolute atomic E-state index is 0.265. The van der Waals surface area contributed by atoms with E-state index in [0.717, 1.165) is 60.2 Å². The van der Waals surface area contributed by atoms with E-state index >= 15 is 0 Å². The summed E-state index contributed by atoms with van der Waals surface area (Å²) in [7, 11) is 3.55. The maximum absolute atomic E-state index is 6.07. The molecule has 10 atom stereocenters. The summed E-state index contributed by atoms with van der Waals surface area (Å²) in [4.78, 5) is 0. The Morgan fingerprint density at radius 2 is 1.02 bits per heavy atom. The minimum Gasteiger partial charge on any atom is -0.497 e. The highest BCUT2D eigenvalue weighted by atomic mass is 16.6. The van der Waals surface area contributed by atoms with Crippen molar-refractivity contribution in [2.45, 2.75) is 127 Å². The van der Waals surface area contributed by atoms with Crippen LogP contribution in [-0.2, 0) is 22.3 Å². The number of rotatable bonds is 2. The maximum Gasteiger partial charge on any atom is 0.119 e. The van der Waals surface area contributed by atoms with Gasteiger partial charge in [-0.2, -0.15) is 0 Å². The van der Waals surface area contributed by atoms with Gasteiger partial charge in [-0.3, -0.25) is 0 Å². The van der Waals surface area contributed by atoms with E-state index < -0.39 is 0 Å². The number of methoxy groups -OCH3 is 2. The van der Waals surface area contributed by atoms with Crippen molar-refractivity contribution in [3.8, 4) is 11.5 Å². The van der Waals surface area contributed by atoms with Crippen molar-refractivity contribution < 1.29 is 18.9 Å². The first kappa shape index (κ1) is 30.1. The molecule has 2 unspecified atom stereocenters. The highest BCUT2D eigenvalue weighted by molar-refractivity contribution is 5.42. The quantitative estimate of drug-likeness (QED) is 0.312. The average molecular weight is 625 g/mol. The fourth-order valence-electron chi connectivity index (χ4n) is 13.1. The lowest BCUT2D eigenvalue weighted by Crippen LogP contribution is -2.53. The van der Waals surface area contributed by atoms with Crippen LogP contribution < -0.4 is 9.47 Å². The number of benzene rings is 2. The second-order valence-electron chi connectivity index (χ2n) is 17.2. The lowest BCUT2D eigenvalue weighted by atomic mass is 9.48. The number of fused-ring (bicyclic) bond motifs is 12. The zero-order valence-corrected chi connectivity index (χ0v) is 28.9. The van der Waals surface area contributed by atoms with Gasteiger partial charge >= 0.3 is 0 Å². The largest absolute Gasteiger partial charge is 0.497 e. The van der Waals surface area contributed by atoms with Crippen molar-refractivity contribution in [3.63, 3.8) is 0 Å². The van der Waals surface area contributed by atoms with Gasteiger partial charge in [0.05, 0.1) is 38.6 Å². The Morgan fingerprint density at radius 1 is 0.587 bits per heavy atom. The maximum atomic E-state index is 6.07. The lowest BCUT2D eigenvalue weighted by molar-refractivity contribution is -0.0659. The molecule has 10 rings (SSSR count). The summed E-state index contributed by atoms with van der Waals surface area (Å²) in [6.45, 7) is 7.18. The summed E-state index contributed by atoms with van der Waals surface area (Å²) in [5.41, 5.74) is 7.75. The van der Waals surface area contributed by atoms with E-state index in [1.54, 1.807) is 36.5 Å². The second kappa shape index (κ2) is 10.7. The smallest absolute Gasteiger partial charge is 0.119 e. The number of epoxide rings is 2. The molecule has 2 aromatic rings. The van der Waals surface area contributed by atoms with E-state index in [-0.39, 0.29) is 11.2 Å². The summed E-state index contributed by atoms with van der Waals surface area (Å²) in [5, 5.41) is 0. The average Bonchev–Trinajstić information content (AvgIpc) is 4.03. The highest BCUT2D eigenvalue weighted by Gasteiger charge is 2.67. The molecule has 2 saturated heterocycles. The van der Waals surface area contributed by atoms with Gasteiger partial charge in [0.2, 0.25) is 0 Å². The fraction of sp³-hybridized carbons (Fsp3) is 0.714. The number of hydrogen-bond donors (Lipinski definition) is 0. The zero-order chi connectivity index (χ0) is 31.3. The summed E-state index contributed by atoms with van der Waals surface area (Å²) in [6.07, 6.45) is 18.8. The molecule has 0 amide bonds. The molecule has 2 aliphatic heterocycles. The van der Waals surface area contributed by atoms with E-state index in [2.05, 4.69) is 50.2 Å². The van der Waals surface area contributed by atoms with Crippen LogP contribution in [0.25, 0.3) is 0 Å². The fourth-order valence-corrected chi connectivity index (χ4v) is 13.1. The van der Waals surface area contributed by atoms with Crippen LogP contribution in [0.3, 0.4) is 0 Å². The zero-order valence-electron chi connectivity index (χ0n) is 28.9. The number of hydrogen-bond acceptors (Lipinski definition) is 4. The minimum atomic E-state index is 0.265. The normalized spacial score (nSPS) is 44.2. The van der Waals surface area contributed by atoms with Crippen molar-refractivity contribution >= 4 is 0 Å². The molecule has 4 nitrogen and oxygen atoms in total. The Balaban J connectivity index is 0.000000127. The first-order valence-corrected chi connectivity index (χ1v) is 19.0. The molecular weight excluding hydrogens is 568 g/mol. The molecule has 0 N–H and O–H groups in total. The van der Waals surface area contributed by atoms with Crippen LogP contribution in [0, 0.1) is 34.5 Å². The van der Waals surface area contributed by atoms with Gasteiger partial charge in [0.1, 0.15) is 11.5 Å². The summed E-state index contributed by atoms with van der Waals surface area (Å²) < 4.78 is 23.0. The van der Waals surface area contributed by atoms with Crippen LogP contribution in [0.4, 0.5) is 0 Å². The topological polar surface area (TPSA) is 43.5 Å². The van der Waals surface area contributed by atoms with Gasteiger partial charge in [0, 0.05) is 10.8 Å². The Morgan fingerprint density at radius 3 is 1.41 bits per heavy atom. The van der Waals surface area contributed by atoms with E-state index in [4.69, 9.17) is 18.9 Å². The molecule has 4 heteroatoms. The molecule has 0 radical (unpaired) electrons. The molecule has 248 valence electrons. The van der Waals surface area contributed by atoms with E-state index in [1.807, 2.05) is 0 Å². The first-order valence-electron chi connectivity index (χ1n) is 19.0. The molecule has 0 bridgehead atoms. The Hall–Kier alpha value is -2.04. The Labute approximate surface area is 277 Å². The molecule has 46 heavy (non-hydrogen) atoms.